The van der Waals surface area contributed by atoms with Crippen molar-refractivity contribution in [2.24, 2.45) is 0 Å². The molecule has 0 atom stereocenters. The van der Waals surface area contributed by atoms with E-state index < -0.39 is 5.97 Å². The molecule has 24 heavy (non-hydrogen) atoms. The van der Waals surface area contributed by atoms with Crippen LogP contribution in [0.1, 0.15) is 49.7 Å². The lowest BCUT2D eigenvalue weighted by Gasteiger charge is -2.21. The van der Waals surface area contributed by atoms with E-state index in [1.54, 1.807) is 6.92 Å². The molecule has 1 aromatic heterocycles. The number of rotatable bonds is 9. The Bertz CT molecular complexity index is 631. The summed E-state index contributed by atoms with van der Waals surface area (Å²) in [6, 6.07) is 8.12. The van der Waals surface area contributed by atoms with Gasteiger partial charge in [-0.15, -0.1) is 5.10 Å². The highest BCUT2D eigenvalue weighted by molar-refractivity contribution is 5.93. The molecule has 0 unspecified atom stereocenters. The first-order chi connectivity index (χ1) is 11.7. The minimum atomic E-state index is -0.456. The third-order valence-corrected chi connectivity index (χ3v) is 3.73. The molecular formula is C18H26N4O2. The largest absolute Gasteiger partial charge is 0.461 e. The quantitative estimate of drug-likeness (QED) is 0.715. The van der Waals surface area contributed by atoms with Crippen LogP contribution in [0.3, 0.4) is 0 Å². The number of esters is 1. The highest BCUT2D eigenvalue weighted by Gasteiger charge is 2.18. The van der Waals surface area contributed by atoms with E-state index in [4.69, 9.17) is 4.74 Å². The number of aromatic amines is 1. The maximum absolute atomic E-state index is 11.9. The Morgan fingerprint density at radius 2 is 1.75 bits per heavy atom. The van der Waals surface area contributed by atoms with Crippen molar-refractivity contribution in [3.8, 4) is 11.3 Å². The molecule has 1 aromatic carbocycles. The first-order valence-corrected chi connectivity index (χ1v) is 8.59. The van der Waals surface area contributed by atoms with Gasteiger partial charge in [0.2, 0.25) is 0 Å². The maximum Gasteiger partial charge on any atom is 0.361 e. The molecule has 6 heteroatoms. The number of hydrogen-bond donors (Lipinski definition) is 1. The summed E-state index contributed by atoms with van der Waals surface area (Å²) in [6.07, 6.45) is 2.31. The highest BCUT2D eigenvalue weighted by Crippen LogP contribution is 2.21. The van der Waals surface area contributed by atoms with E-state index in [-0.39, 0.29) is 5.69 Å². The van der Waals surface area contributed by atoms with Crippen molar-refractivity contribution in [3.63, 3.8) is 0 Å². The standard InChI is InChI=1S/C18H26N4O2/c1-4-11-22(12-5-2)13-14-7-9-15(10-8-14)16-17(20-21-19-16)18(23)24-6-3/h7-10H,4-6,11-13H2,1-3H3,(H,19,20,21). The molecule has 0 aliphatic carbocycles. The van der Waals surface area contributed by atoms with E-state index in [2.05, 4.69) is 46.3 Å². The van der Waals surface area contributed by atoms with E-state index in [9.17, 15) is 4.79 Å². The van der Waals surface area contributed by atoms with E-state index in [1.165, 1.54) is 5.56 Å². The molecule has 130 valence electrons. The van der Waals surface area contributed by atoms with Crippen molar-refractivity contribution >= 4 is 5.97 Å². The van der Waals surface area contributed by atoms with Gasteiger partial charge in [0.25, 0.3) is 0 Å². The molecule has 0 fully saturated rings. The van der Waals surface area contributed by atoms with E-state index >= 15 is 0 Å². The predicted molar refractivity (Wildman–Crippen MR) is 93.6 cm³/mol. The summed E-state index contributed by atoms with van der Waals surface area (Å²) in [5.74, 6) is -0.456. The second-order valence-electron chi connectivity index (χ2n) is 5.71. The minimum absolute atomic E-state index is 0.225. The second kappa shape index (κ2) is 9.17. The number of nitrogens with one attached hydrogen (secondary N) is 1. The lowest BCUT2D eigenvalue weighted by molar-refractivity contribution is 0.0520. The molecule has 1 heterocycles. The number of nitrogens with zero attached hydrogens (tertiary/aromatic N) is 3. The van der Waals surface area contributed by atoms with Gasteiger partial charge in [0.1, 0.15) is 5.69 Å². The number of benzene rings is 1. The van der Waals surface area contributed by atoms with E-state index in [0.29, 0.717) is 12.3 Å². The monoisotopic (exact) mass is 330 g/mol. The summed E-state index contributed by atoms with van der Waals surface area (Å²) in [5.41, 5.74) is 2.86. The van der Waals surface area contributed by atoms with Crippen LogP contribution in [0.25, 0.3) is 11.3 Å². The average Bonchev–Trinajstić information content (AvgIpc) is 3.06. The number of H-pyrrole nitrogens is 1. The summed E-state index contributed by atoms with van der Waals surface area (Å²) < 4.78 is 5.01. The van der Waals surface area contributed by atoms with Crippen molar-refractivity contribution in [2.45, 2.75) is 40.2 Å². The van der Waals surface area contributed by atoms with Gasteiger partial charge in [0.05, 0.1) is 6.61 Å². The van der Waals surface area contributed by atoms with Crippen LogP contribution in [0.5, 0.6) is 0 Å². The fraction of sp³-hybridized carbons (Fsp3) is 0.500. The first kappa shape index (κ1) is 18.1. The Morgan fingerprint density at radius 1 is 1.08 bits per heavy atom. The van der Waals surface area contributed by atoms with Crippen molar-refractivity contribution in [1.29, 1.82) is 0 Å². The molecule has 0 radical (unpaired) electrons. The predicted octanol–water partition coefficient (Wildman–Crippen LogP) is 3.27. The van der Waals surface area contributed by atoms with Crippen LogP contribution in [0, 0.1) is 0 Å². The van der Waals surface area contributed by atoms with Gasteiger partial charge >= 0.3 is 5.97 Å². The van der Waals surface area contributed by atoms with Gasteiger partial charge in [0.15, 0.2) is 5.69 Å². The third-order valence-electron chi connectivity index (χ3n) is 3.73. The molecule has 0 saturated carbocycles. The minimum Gasteiger partial charge on any atom is -0.461 e. The Balaban J connectivity index is 2.12. The van der Waals surface area contributed by atoms with Gasteiger partial charge in [-0.05, 0) is 38.4 Å². The van der Waals surface area contributed by atoms with Gasteiger partial charge in [-0.2, -0.15) is 10.3 Å². The topological polar surface area (TPSA) is 71.1 Å². The summed E-state index contributed by atoms with van der Waals surface area (Å²) >= 11 is 0. The van der Waals surface area contributed by atoms with Crippen LogP contribution in [0.2, 0.25) is 0 Å². The normalized spacial score (nSPS) is 11.0. The summed E-state index contributed by atoms with van der Waals surface area (Å²) in [4.78, 5) is 14.4. The molecule has 1 N–H and O–H groups in total. The van der Waals surface area contributed by atoms with Crippen molar-refractivity contribution in [2.75, 3.05) is 19.7 Å². The van der Waals surface area contributed by atoms with Crippen molar-refractivity contribution in [3.05, 3.63) is 35.5 Å². The van der Waals surface area contributed by atoms with Crippen molar-refractivity contribution < 1.29 is 9.53 Å². The van der Waals surface area contributed by atoms with Crippen molar-refractivity contribution in [1.82, 2.24) is 20.3 Å². The molecule has 0 aliphatic heterocycles. The zero-order valence-corrected chi connectivity index (χ0v) is 14.7. The number of hydrogen-bond acceptors (Lipinski definition) is 5. The number of carbonyl (C=O) groups excluding carboxylic acids is 1. The van der Waals surface area contributed by atoms with Crippen LogP contribution in [0.4, 0.5) is 0 Å². The van der Waals surface area contributed by atoms with Gasteiger partial charge < -0.3 is 4.74 Å². The molecule has 6 nitrogen and oxygen atoms in total. The molecular weight excluding hydrogens is 304 g/mol. The Morgan fingerprint density at radius 3 is 2.33 bits per heavy atom. The van der Waals surface area contributed by atoms with Gasteiger partial charge in [-0.1, -0.05) is 38.1 Å². The molecule has 2 aromatic rings. The zero-order chi connectivity index (χ0) is 17.4. The molecule has 2 rings (SSSR count). The van der Waals surface area contributed by atoms with Crippen LogP contribution in [-0.2, 0) is 11.3 Å². The Labute approximate surface area is 143 Å². The summed E-state index contributed by atoms with van der Waals surface area (Å²) in [5, 5.41) is 10.5. The lowest BCUT2D eigenvalue weighted by atomic mass is 10.1. The Kier molecular flexibility index (Phi) is 6.93. The molecule has 0 spiro atoms. The van der Waals surface area contributed by atoms with Gasteiger partial charge in [-0.3, -0.25) is 4.90 Å². The van der Waals surface area contributed by atoms with Gasteiger partial charge in [0, 0.05) is 12.1 Å². The van der Waals surface area contributed by atoms with E-state index in [1.807, 2.05) is 12.1 Å². The number of aromatic nitrogens is 3. The molecule has 0 aliphatic rings. The first-order valence-electron chi connectivity index (χ1n) is 8.59. The molecule has 0 amide bonds. The fourth-order valence-electron chi connectivity index (χ4n) is 2.70. The van der Waals surface area contributed by atoms with Gasteiger partial charge in [-0.25, -0.2) is 4.79 Å². The lowest BCUT2D eigenvalue weighted by Crippen LogP contribution is -2.24. The Hall–Kier alpha value is -2.21. The average molecular weight is 330 g/mol. The summed E-state index contributed by atoms with van der Waals surface area (Å²) in [6.45, 7) is 9.63. The fourth-order valence-corrected chi connectivity index (χ4v) is 2.70. The number of ether oxygens (including phenoxy) is 1. The molecule has 0 bridgehead atoms. The number of carbonyl (C=O) groups is 1. The van der Waals surface area contributed by atoms with Crippen LogP contribution in [0.15, 0.2) is 24.3 Å². The zero-order valence-electron chi connectivity index (χ0n) is 14.7. The second-order valence-corrected chi connectivity index (χ2v) is 5.71. The van der Waals surface area contributed by atoms with Crippen LogP contribution in [-0.4, -0.2) is 46.0 Å². The van der Waals surface area contributed by atoms with Crippen LogP contribution < -0.4 is 0 Å². The molecule has 0 saturated heterocycles. The van der Waals surface area contributed by atoms with E-state index in [0.717, 1.165) is 38.0 Å². The third kappa shape index (κ3) is 4.64. The SMILES string of the molecule is CCCN(CCC)Cc1ccc(-c2n[nH]nc2C(=O)OCC)cc1. The van der Waals surface area contributed by atoms with Crippen LogP contribution >= 0.6 is 0 Å². The maximum atomic E-state index is 11.9. The summed E-state index contributed by atoms with van der Waals surface area (Å²) in [7, 11) is 0. The smallest absolute Gasteiger partial charge is 0.361 e. The highest BCUT2D eigenvalue weighted by atomic mass is 16.5.